The second-order valence-corrected chi connectivity index (χ2v) is 5.86. The molecule has 0 saturated heterocycles. The summed E-state index contributed by atoms with van der Waals surface area (Å²) in [5.74, 6) is -0.127. The van der Waals surface area contributed by atoms with Crippen molar-refractivity contribution in [1.82, 2.24) is 0 Å². The molecule has 0 spiro atoms. The Morgan fingerprint density at radius 3 is 2.67 bits per heavy atom. The van der Waals surface area contributed by atoms with Gasteiger partial charge in [-0.15, -0.1) is 0 Å². The SMILES string of the molecule is CN1C(=O)Cc2c1cccc2S(=O)(=O)Cl. The number of fused-ring (bicyclic) bond motifs is 1. The van der Waals surface area contributed by atoms with E-state index in [-0.39, 0.29) is 17.2 Å². The number of anilines is 1. The van der Waals surface area contributed by atoms with E-state index in [9.17, 15) is 13.2 Å². The van der Waals surface area contributed by atoms with Crippen LogP contribution in [0.1, 0.15) is 5.56 Å². The molecule has 4 nitrogen and oxygen atoms in total. The predicted molar refractivity (Wildman–Crippen MR) is 56.6 cm³/mol. The van der Waals surface area contributed by atoms with E-state index >= 15 is 0 Å². The smallest absolute Gasteiger partial charge is 0.261 e. The molecule has 0 saturated carbocycles. The van der Waals surface area contributed by atoms with Gasteiger partial charge in [0.05, 0.1) is 11.3 Å². The van der Waals surface area contributed by atoms with Crippen molar-refractivity contribution >= 4 is 31.3 Å². The van der Waals surface area contributed by atoms with E-state index in [1.165, 1.54) is 11.0 Å². The summed E-state index contributed by atoms with van der Waals surface area (Å²) in [5.41, 5.74) is 1.10. The molecule has 1 aliphatic rings. The topological polar surface area (TPSA) is 54.5 Å². The molecule has 0 radical (unpaired) electrons. The minimum absolute atomic E-state index is 0.0272. The Labute approximate surface area is 91.9 Å². The number of halogens is 1. The Kier molecular flexibility index (Phi) is 2.24. The number of rotatable bonds is 1. The van der Waals surface area contributed by atoms with Crippen molar-refractivity contribution in [1.29, 1.82) is 0 Å². The Balaban J connectivity index is 2.70. The highest BCUT2D eigenvalue weighted by Gasteiger charge is 2.29. The van der Waals surface area contributed by atoms with Gasteiger partial charge in [-0.05, 0) is 12.1 Å². The molecule has 1 heterocycles. The molecule has 1 aromatic rings. The summed E-state index contributed by atoms with van der Waals surface area (Å²) in [6.45, 7) is 0. The third-order valence-corrected chi connectivity index (χ3v) is 3.84. The van der Waals surface area contributed by atoms with Gasteiger partial charge in [-0.2, -0.15) is 0 Å². The van der Waals surface area contributed by atoms with Crippen LogP contribution in [0, 0.1) is 0 Å². The summed E-state index contributed by atoms with van der Waals surface area (Å²) in [6, 6.07) is 4.68. The van der Waals surface area contributed by atoms with Gasteiger partial charge in [0.25, 0.3) is 9.05 Å². The lowest BCUT2D eigenvalue weighted by molar-refractivity contribution is -0.117. The Morgan fingerprint density at radius 1 is 1.40 bits per heavy atom. The maximum Gasteiger partial charge on any atom is 0.261 e. The lowest BCUT2D eigenvalue weighted by atomic mass is 10.2. The highest BCUT2D eigenvalue weighted by atomic mass is 35.7. The van der Waals surface area contributed by atoms with Gasteiger partial charge >= 0.3 is 0 Å². The quantitative estimate of drug-likeness (QED) is 0.697. The van der Waals surface area contributed by atoms with Crippen molar-refractivity contribution in [3.63, 3.8) is 0 Å². The molecule has 1 amide bonds. The van der Waals surface area contributed by atoms with E-state index in [1.807, 2.05) is 0 Å². The molecule has 2 rings (SSSR count). The van der Waals surface area contributed by atoms with Crippen LogP contribution in [0.15, 0.2) is 23.1 Å². The van der Waals surface area contributed by atoms with Crippen LogP contribution in [-0.4, -0.2) is 21.4 Å². The third-order valence-electron chi connectivity index (χ3n) is 2.43. The zero-order valence-electron chi connectivity index (χ0n) is 7.90. The molecule has 1 aromatic carbocycles. The van der Waals surface area contributed by atoms with E-state index in [0.29, 0.717) is 11.3 Å². The molecule has 0 aliphatic carbocycles. The van der Waals surface area contributed by atoms with Crippen molar-refractivity contribution in [3.8, 4) is 0 Å². The molecule has 0 bridgehead atoms. The molecule has 1 aliphatic heterocycles. The number of amides is 1. The zero-order chi connectivity index (χ0) is 11.2. The second-order valence-electron chi connectivity index (χ2n) is 3.32. The first-order valence-corrected chi connectivity index (χ1v) is 6.55. The maximum absolute atomic E-state index is 11.4. The minimum Gasteiger partial charge on any atom is -0.315 e. The van der Waals surface area contributed by atoms with Crippen LogP contribution in [0.2, 0.25) is 0 Å². The van der Waals surface area contributed by atoms with Crippen molar-refractivity contribution < 1.29 is 13.2 Å². The second kappa shape index (κ2) is 3.21. The number of carbonyl (C=O) groups is 1. The average Bonchev–Trinajstić information content (AvgIpc) is 2.41. The van der Waals surface area contributed by atoms with Gasteiger partial charge < -0.3 is 4.90 Å². The molecule has 0 fully saturated rings. The molecule has 15 heavy (non-hydrogen) atoms. The van der Waals surface area contributed by atoms with Crippen LogP contribution in [0.3, 0.4) is 0 Å². The van der Waals surface area contributed by atoms with Gasteiger partial charge in [0.15, 0.2) is 0 Å². The molecular weight excluding hydrogens is 238 g/mol. The van der Waals surface area contributed by atoms with Crippen LogP contribution < -0.4 is 4.90 Å². The summed E-state index contributed by atoms with van der Waals surface area (Å²) in [6.07, 6.45) is 0.0912. The maximum atomic E-state index is 11.4. The van der Waals surface area contributed by atoms with E-state index < -0.39 is 9.05 Å². The highest BCUT2D eigenvalue weighted by molar-refractivity contribution is 8.13. The van der Waals surface area contributed by atoms with Crippen LogP contribution in [-0.2, 0) is 20.3 Å². The Hall–Kier alpha value is -1.07. The first-order chi connectivity index (χ1) is 6.91. The average molecular weight is 246 g/mol. The fourth-order valence-electron chi connectivity index (χ4n) is 1.68. The van der Waals surface area contributed by atoms with Crippen LogP contribution >= 0.6 is 10.7 Å². The van der Waals surface area contributed by atoms with Gasteiger partial charge in [-0.1, -0.05) is 6.07 Å². The summed E-state index contributed by atoms with van der Waals surface area (Å²) in [5, 5.41) is 0. The predicted octanol–water partition coefficient (Wildman–Crippen LogP) is 1.13. The molecule has 0 N–H and O–H groups in total. The first-order valence-electron chi connectivity index (χ1n) is 4.24. The molecule has 0 atom stereocenters. The van der Waals surface area contributed by atoms with Crippen molar-refractivity contribution in [2.75, 3.05) is 11.9 Å². The van der Waals surface area contributed by atoms with Crippen LogP contribution in [0.4, 0.5) is 5.69 Å². The standard InChI is InChI=1S/C9H8ClNO3S/c1-11-7-3-2-4-8(15(10,13)14)6(7)5-9(11)12/h2-4H,5H2,1H3. The number of hydrogen-bond acceptors (Lipinski definition) is 3. The van der Waals surface area contributed by atoms with Gasteiger partial charge in [0, 0.05) is 29.0 Å². The number of nitrogens with zero attached hydrogens (tertiary/aromatic N) is 1. The summed E-state index contributed by atoms with van der Waals surface area (Å²) in [7, 11) is 3.11. The molecule has 0 aromatic heterocycles. The number of hydrogen-bond donors (Lipinski definition) is 0. The molecular formula is C9H8ClNO3S. The lowest BCUT2D eigenvalue weighted by Crippen LogP contribution is -2.20. The van der Waals surface area contributed by atoms with Crippen molar-refractivity contribution in [2.45, 2.75) is 11.3 Å². The lowest BCUT2D eigenvalue weighted by Gasteiger charge is -2.10. The van der Waals surface area contributed by atoms with Crippen molar-refractivity contribution in [2.24, 2.45) is 0 Å². The first kappa shape index (κ1) is 10.4. The minimum atomic E-state index is -3.78. The fourth-order valence-corrected chi connectivity index (χ4v) is 2.82. The molecule has 80 valence electrons. The van der Waals surface area contributed by atoms with E-state index in [1.54, 1.807) is 19.2 Å². The number of carbonyl (C=O) groups excluding carboxylic acids is 1. The summed E-state index contributed by atoms with van der Waals surface area (Å²) < 4.78 is 22.5. The van der Waals surface area contributed by atoms with Gasteiger partial charge in [0.2, 0.25) is 5.91 Å². The Morgan fingerprint density at radius 2 is 2.07 bits per heavy atom. The zero-order valence-corrected chi connectivity index (χ0v) is 9.47. The van der Waals surface area contributed by atoms with Gasteiger partial charge in [-0.25, -0.2) is 8.42 Å². The highest BCUT2D eigenvalue weighted by Crippen LogP contribution is 2.33. The van der Waals surface area contributed by atoms with E-state index in [0.717, 1.165) is 0 Å². The van der Waals surface area contributed by atoms with Crippen LogP contribution in [0.5, 0.6) is 0 Å². The summed E-state index contributed by atoms with van der Waals surface area (Å²) in [4.78, 5) is 12.9. The normalized spacial score (nSPS) is 15.6. The van der Waals surface area contributed by atoms with Gasteiger partial charge in [0.1, 0.15) is 0 Å². The number of benzene rings is 1. The number of likely N-dealkylation sites (N-methyl/N-ethyl adjacent to an activating group) is 1. The van der Waals surface area contributed by atoms with E-state index in [4.69, 9.17) is 10.7 Å². The molecule has 6 heteroatoms. The Bertz CT molecular complexity index is 538. The largest absolute Gasteiger partial charge is 0.315 e. The van der Waals surface area contributed by atoms with Crippen LogP contribution in [0.25, 0.3) is 0 Å². The van der Waals surface area contributed by atoms with Crippen molar-refractivity contribution in [3.05, 3.63) is 23.8 Å². The third kappa shape index (κ3) is 1.61. The fraction of sp³-hybridized carbons (Fsp3) is 0.222. The molecule has 0 unspecified atom stereocenters. The van der Waals surface area contributed by atoms with Gasteiger partial charge in [-0.3, -0.25) is 4.79 Å². The van der Waals surface area contributed by atoms with E-state index in [2.05, 4.69) is 0 Å². The summed E-state index contributed by atoms with van der Waals surface area (Å²) >= 11 is 0. The monoisotopic (exact) mass is 245 g/mol.